The van der Waals surface area contributed by atoms with Crippen molar-refractivity contribution in [2.24, 2.45) is 0 Å². The van der Waals surface area contributed by atoms with Crippen LogP contribution in [0.25, 0.3) is 0 Å². The van der Waals surface area contributed by atoms with E-state index in [0.29, 0.717) is 0 Å². The molecule has 98 heavy (non-hydrogen) atoms. The van der Waals surface area contributed by atoms with Crippen molar-refractivity contribution >= 4 is 35.9 Å². The SMILES string of the molecule is CC(=O)N[C@H]1[C@H](O[C@H]2[C@@H](O)[C@@H](CO)O[C@@H](O[C@@H]([C@H](O)[C@@H](O)C=O)[C@H](O)CO)[C@@H]2O)O[C@H](CO[C@]2(C(=O)O)C[C@H](O)[C@@H](NC(C)=O)[C@H]([C@H](O)[C@H](O)CO)O2)[C@@H](O[C@@H]2O[C@@H](C)[C@@H](O)[C@@H](O)[C@@H]2O)[C@@H]1O[C@@H]1O[C@H](CO)[C@H](O)[C@H](O[C@]2(C(=O)O)C[C@H](O)[C@@H](NC(C)=O)[C@H]([C@H](O)[C@H](O)CO)O2)[C@H]1O. The Morgan fingerprint density at radius 2 is 0.929 bits per heavy atom. The van der Waals surface area contributed by atoms with Crippen molar-refractivity contribution in [3.05, 3.63) is 0 Å². The third kappa shape index (κ3) is 18.4. The van der Waals surface area contributed by atoms with Gasteiger partial charge in [-0.15, -0.1) is 0 Å². The second-order valence-corrected chi connectivity index (χ2v) is 24.3. The van der Waals surface area contributed by atoms with Crippen LogP contribution in [0.4, 0.5) is 0 Å². The highest BCUT2D eigenvalue weighted by atomic mass is 16.8. The van der Waals surface area contributed by atoms with Gasteiger partial charge in [0.25, 0.3) is 11.6 Å². The summed E-state index contributed by atoms with van der Waals surface area (Å²) in [6.07, 6.45) is -74.9. The van der Waals surface area contributed by atoms with E-state index in [1.54, 1.807) is 0 Å². The molecule has 0 unspecified atom stereocenters. The first-order valence-electron chi connectivity index (χ1n) is 30.5. The Bertz CT molecular complexity index is 2610. The number of aliphatic hydroxyl groups is 21. The smallest absolute Gasteiger partial charge is 0.364 e. The summed E-state index contributed by atoms with van der Waals surface area (Å²) >= 11 is 0. The first-order valence-corrected chi connectivity index (χ1v) is 30.5. The molecule has 6 aliphatic rings. The summed E-state index contributed by atoms with van der Waals surface area (Å²) in [5, 5.41) is 259. The van der Waals surface area contributed by atoms with E-state index in [-0.39, 0.29) is 6.29 Å². The van der Waals surface area contributed by atoms with Crippen molar-refractivity contribution in [3.63, 3.8) is 0 Å². The van der Waals surface area contributed by atoms with Gasteiger partial charge in [0, 0.05) is 33.6 Å². The van der Waals surface area contributed by atoms with Gasteiger partial charge in [-0.05, 0) is 6.92 Å². The lowest BCUT2D eigenvalue weighted by Crippen LogP contribution is -2.72. The van der Waals surface area contributed by atoms with Crippen molar-refractivity contribution in [2.45, 2.75) is 260 Å². The van der Waals surface area contributed by atoms with Crippen molar-refractivity contribution in [1.82, 2.24) is 16.0 Å². The largest absolute Gasteiger partial charge is 0.477 e. The number of carboxylic acid groups (broad SMARTS) is 2. The van der Waals surface area contributed by atoms with Crippen LogP contribution >= 0.6 is 0 Å². The predicted molar refractivity (Wildman–Crippen MR) is 301 cm³/mol. The van der Waals surface area contributed by atoms with Gasteiger partial charge in [-0.1, -0.05) is 0 Å². The van der Waals surface area contributed by atoms with Gasteiger partial charge >= 0.3 is 11.9 Å². The number of aldehydes is 1. The zero-order valence-electron chi connectivity index (χ0n) is 52.5. The topological polar surface area (TPSA) is 715 Å². The molecule has 6 fully saturated rings. The number of amides is 3. The highest BCUT2D eigenvalue weighted by molar-refractivity contribution is 5.77. The fourth-order valence-electron chi connectivity index (χ4n) is 12.0. The quantitative estimate of drug-likeness (QED) is 0.0287. The predicted octanol–water partition coefficient (Wildman–Crippen LogP) is -16.6. The molecule has 26 N–H and O–H groups in total. The van der Waals surface area contributed by atoms with Gasteiger partial charge in [0.15, 0.2) is 31.4 Å². The number of ether oxygens (including phenoxy) is 12. The monoisotopic (exact) mass is 1440 g/mol. The van der Waals surface area contributed by atoms with E-state index in [4.69, 9.17) is 56.8 Å². The van der Waals surface area contributed by atoms with E-state index in [1.165, 1.54) is 0 Å². The standard InChI is InChI=1S/C54H89N3O41/c1-14-30(73)36(79)37(80)48(88-14)93-41-26(13-87-53(51(83)84)5-18(67)27(55-15(2)64)42(96-53)32(75)21(70)8-59)91-47(95-45-34(77)24(11-62)89-49(38(45)81)92-40(23(72)10-61)31(74)20(69)7-58)29(57-17(4)66)44(41)94-50-39(82)46(35(78)25(12-63)90-50)98-54(52(85)86)6-19(68)28(56-16(3)65)43(97-54)33(76)22(71)9-60/h7,14,18-50,59-63,67-82H,5-6,8-13H2,1-4H3,(H,55,64)(H,56,65)(H,57,66)(H,83,84)(H,85,86)/t14-,18-,19-,20-,21+,22+,23+,24+,25+,26+,27+,28+,29+,30+,31+,32+,33+,34-,35-,36+,37-,38+,39+,40+,41+,42+,43+,44+,45-,46-,47-,48-,49-,50-,53+,54-/m0/s1. The lowest BCUT2D eigenvalue weighted by atomic mass is 9.88. The van der Waals surface area contributed by atoms with E-state index in [2.05, 4.69) is 16.0 Å². The minimum absolute atomic E-state index is 0.228. The summed E-state index contributed by atoms with van der Waals surface area (Å²) in [7, 11) is 0. The van der Waals surface area contributed by atoms with Crippen LogP contribution in [0.15, 0.2) is 0 Å². The van der Waals surface area contributed by atoms with Crippen molar-refractivity contribution in [2.75, 3.05) is 39.6 Å². The van der Waals surface area contributed by atoms with Crippen molar-refractivity contribution in [3.8, 4) is 0 Å². The van der Waals surface area contributed by atoms with Crippen LogP contribution in [-0.2, 0) is 85.6 Å². The molecule has 6 rings (SSSR count). The molecular weight excluding hydrogens is 1350 g/mol. The van der Waals surface area contributed by atoms with Crippen LogP contribution in [0.2, 0.25) is 0 Å². The fraction of sp³-hybridized carbons (Fsp3) is 0.889. The lowest BCUT2D eigenvalue weighted by Gasteiger charge is -2.53. The van der Waals surface area contributed by atoms with Gasteiger partial charge in [-0.3, -0.25) is 14.4 Å². The minimum atomic E-state index is -3.44. The highest BCUT2D eigenvalue weighted by Gasteiger charge is 2.63. The number of carbonyl (C=O) groups excluding carboxylic acids is 4. The van der Waals surface area contributed by atoms with Crippen LogP contribution < -0.4 is 16.0 Å². The molecule has 36 atom stereocenters. The number of nitrogens with one attached hydrogen (secondary N) is 3. The van der Waals surface area contributed by atoms with Gasteiger partial charge in [-0.25, -0.2) is 9.59 Å². The van der Waals surface area contributed by atoms with Crippen LogP contribution in [0, 0.1) is 0 Å². The summed E-state index contributed by atoms with van der Waals surface area (Å²) in [6.45, 7) is -4.10. The average molecular weight is 1440 g/mol. The maximum Gasteiger partial charge on any atom is 0.364 e. The van der Waals surface area contributed by atoms with Gasteiger partial charge in [-0.2, -0.15) is 0 Å². The lowest BCUT2D eigenvalue weighted by molar-refractivity contribution is -0.400. The Morgan fingerprint density at radius 3 is 1.41 bits per heavy atom. The Morgan fingerprint density at radius 1 is 0.500 bits per heavy atom. The van der Waals surface area contributed by atoms with Crippen LogP contribution in [-0.4, -0.2) is 413 Å². The highest BCUT2D eigenvalue weighted by Crippen LogP contribution is 2.42. The third-order valence-electron chi connectivity index (χ3n) is 17.2. The number of aliphatic hydroxyl groups excluding tert-OH is 21. The van der Waals surface area contributed by atoms with Gasteiger partial charge < -0.3 is 195 Å². The molecule has 0 bridgehead atoms. The maximum atomic E-state index is 13.7. The first kappa shape index (κ1) is 82.7. The van der Waals surface area contributed by atoms with Crippen molar-refractivity contribution in [1.29, 1.82) is 0 Å². The summed E-state index contributed by atoms with van der Waals surface area (Å²) in [5.74, 6) is -14.2. The summed E-state index contributed by atoms with van der Waals surface area (Å²) in [6, 6.07) is -5.96. The summed E-state index contributed by atoms with van der Waals surface area (Å²) < 4.78 is 71.1. The summed E-state index contributed by atoms with van der Waals surface area (Å²) in [4.78, 5) is 77.0. The van der Waals surface area contributed by atoms with Gasteiger partial charge in [0.2, 0.25) is 17.7 Å². The number of carbonyl (C=O) groups is 6. The fourth-order valence-corrected chi connectivity index (χ4v) is 12.0. The second kappa shape index (κ2) is 35.3. The molecule has 0 aromatic rings. The molecule has 0 radical (unpaired) electrons. The molecule has 44 nitrogen and oxygen atoms in total. The Balaban J connectivity index is 1.57. The van der Waals surface area contributed by atoms with Crippen LogP contribution in [0.5, 0.6) is 0 Å². The molecule has 566 valence electrons. The molecule has 3 amide bonds. The molecule has 0 aromatic heterocycles. The molecule has 0 spiro atoms. The number of hydrogen-bond acceptors (Lipinski definition) is 39. The van der Waals surface area contributed by atoms with E-state index in [1.807, 2.05) is 0 Å². The summed E-state index contributed by atoms with van der Waals surface area (Å²) in [5.41, 5.74) is 0. The molecule has 6 aliphatic heterocycles. The van der Waals surface area contributed by atoms with Gasteiger partial charge in [0.1, 0.15) is 153 Å². The molecule has 44 heteroatoms. The van der Waals surface area contributed by atoms with Crippen LogP contribution in [0.1, 0.15) is 40.5 Å². The number of aliphatic carboxylic acids is 2. The first-order chi connectivity index (χ1) is 45.9. The van der Waals surface area contributed by atoms with E-state index in [9.17, 15) is 146 Å². The van der Waals surface area contributed by atoms with Gasteiger partial charge in [0.05, 0.1) is 70.0 Å². The molecule has 6 saturated heterocycles. The Hall–Kier alpha value is -4.30. The number of hydrogen-bond donors (Lipinski definition) is 26. The second-order valence-electron chi connectivity index (χ2n) is 24.3. The third-order valence-corrected chi connectivity index (χ3v) is 17.2. The number of rotatable bonds is 31. The van der Waals surface area contributed by atoms with E-state index in [0.717, 1.165) is 27.7 Å². The molecule has 0 aliphatic carbocycles. The Labute approximate surface area is 553 Å². The number of carboxylic acids is 2. The van der Waals surface area contributed by atoms with E-state index >= 15 is 0 Å². The molecule has 6 heterocycles. The average Bonchev–Trinajstić information content (AvgIpc) is 0.761. The maximum absolute atomic E-state index is 13.7. The minimum Gasteiger partial charge on any atom is -0.477 e. The normalized spacial score (nSPS) is 42.6. The molecule has 0 aromatic carbocycles. The Kier molecular flexibility index (Phi) is 29.7. The zero-order chi connectivity index (χ0) is 73.5. The zero-order valence-corrected chi connectivity index (χ0v) is 52.5. The molecule has 0 saturated carbocycles. The van der Waals surface area contributed by atoms with E-state index < -0.39 is 302 Å². The van der Waals surface area contributed by atoms with Crippen LogP contribution in [0.3, 0.4) is 0 Å². The molecular formula is C54H89N3O41. The van der Waals surface area contributed by atoms with Crippen molar-refractivity contribution < 1.29 is 203 Å².